The predicted molar refractivity (Wildman–Crippen MR) is 96.6 cm³/mol. The molecule has 5 heteroatoms. The van der Waals surface area contributed by atoms with Gasteiger partial charge in [-0.1, -0.05) is 64.7 Å². The van der Waals surface area contributed by atoms with Crippen molar-refractivity contribution in [2.75, 3.05) is 13.2 Å². The molecule has 0 amide bonds. The molecule has 0 aromatic rings. The molecule has 0 fully saturated rings. The zero-order chi connectivity index (χ0) is 18.0. The smallest absolute Gasteiger partial charge is 0.322 e. The summed E-state index contributed by atoms with van der Waals surface area (Å²) < 4.78 is 9.95. The van der Waals surface area contributed by atoms with Crippen molar-refractivity contribution in [1.82, 2.24) is 0 Å². The van der Waals surface area contributed by atoms with Gasteiger partial charge in [-0.3, -0.25) is 9.59 Å². The van der Waals surface area contributed by atoms with Crippen molar-refractivity contribution in [2.45, 2.75) is 96.9 Å². The maximum Gasteiger partial charge on any atom is 0.322 e. The molecule has 1 atom stereocenters. The Kier molecular flexibility index (Phi) is 16.0. The predicted octanol–water partition coefficient (Wildman–Crippen LogP) is 4.12. The van der Waals surface area contributed by atoms with Gasteiger partial charge in [0.2, 0.25) is 0 Å². The maximum absolute atomic E-state index is 11.7. The number of ether oxygens (including phenoxy) is 2. The molecule has 0 spiro atoms. The molecule has 142 valence electrons. The van der Waals surface area contributed by atoms with Crippen molar-refractivity contribution in [3.63, 3.8) is 0 Å². The fraction of sp³-hybridized carbons (Fsp3) is 0.895. The topological polar surface area (TPSA) is 78.6 Å². The van der Waals surface area contributed by atoms with Crippen LogP contribution in [0.3, 0.4) is 0 Å². The van der Waals surface area contributed by atoms with Crippen LogP contribution in [0.25, 0.3) is 0 Å². The van der Waals surface area contributed by atoms with Crippen molar-refractivity contribution in [3.8, 4) is 0 Å². The lowest BCUT2D eigenvalue weighted by atomic mass is 10.1. The van der Waals surface area contributed by atoms with E-state index in [0.29, 0.717) is 13.2 Å². The Morgan fingerprint density at radius 3 is 1.92 bits per heavy atom. The van der Waals surface area contributed by atoms with Crippen LogP contribution in [0.15, 0.2) is 0 Å². The van der Waals surface area contributed by atoms with Gasteiger partial charge < -0.3 is 15.2 Å². The molecule has 0 rings (SSSR count). The molecule has 5 nitrogen and oxygen atoms in total. The zero-order valence-electron chi connectivity index (χ0n) is 15.7. The summed E-state index contributed by atoms with van der Waals surface area (Å²) in [5, 5.41) is 0. The monoisotopic (exact) mass is 343 g/mol. The van der Waals surface area contributed by atoms with Crippen molar-refractivity contribution in [2.24, 2.45) is 5.73 Å². The summed E-state index contributed by atoms with van der Waals surface area (Å²) in [5.41, 5.74) is 5.71. The van der Waals surface area contributed by atoms with Crippen LogP contribution in [0.4, 0.5) is 0 Å². The third-order valence-corrected chi connectivity index (χ3v) is 4.01. The van der Waals surface area contributed by atoms with Crippen molar-refractivity contribution < 1.29 is 19.1 Å². The third kappa shape index (κ3) is 14.5. The van der Waals surface area contributed by atoms with Gasteiger partial charge in [-0.15, -0.1) is 0 Å². The molecule has 0 radical (unpaired) electrons. The van der Waals surface area contributed by atoms with Gasteiger partial charge in [0.05, 0.1) is 13.2 Å². The number of hydrogen-bond acceptors (Lipinski definition) is 5. The molecular formula is C19H37NO4. The van der Waals surface area contributed by atoms with E-state index in [-0.39, 0.29) is 18.8 Å². The second-order valence-corrected chi connectivity index (χ2v) is 6.30. The molecule has 1 unspecified atom stereocenters. The van der Waals surface area contributed by atoms with E-state index in [2.05, 4.69) is 6.92 Å². The number of unbranched alkanes of at least 4 members (excludes halogenated alkanes) is 9. The Bertz CT molecular complexity index is 320. The molecule has 0 aromatic carbocycles. The summed E-state index contributed by atoms with van der Waals surface area (Å²) in [5.74, 6) is -0.745. The highest BCUT2D eigenvalue weighted by atomic mass is 16.5. The van der Waals surface area contributed by atoms with Crippen LogP contribution in [0, 0.1) is 0 Å². The SMILES string of the molecule is CCCCCCCCCCCCOC(=O)C(N)CCC(=O)OCC. The van der Waals surface area contributed by atoms with Crippen LogP contribution in [0.2, 0.25) is 0 Å². The number of esters is 2. The summed E-state index contributed by atoms with van der Waals surface area (Å²) in [4.78, 5) is 22.9. The fourth-order valence-corrected chi connectivity index (χ4v) is 2.49. The molecule has 0 saturated carbocycles. The summed E-state index contributed by atoms with van der Waals surface area (Å²) in [6, 6.07) is -0.738. The first kappa shape index (κ1) is 22.9. The third-order valence-electron chi connectivity index (χ3n) is 4.01. The molecular weight excluding hydrogens is 306 g/mol. The Morgan fingerprint density at radius 1 is 0.833 bits per heavy atom. The van der Waals surface area contributed by atoms with Crippen molar-refractivity contribution in [3.05, 3.63) is 0 Å². The van der Waals surface area contributed by atoms with Crippen LogP contribution >= 0.6 is 0 Å². The van der Waals surface area contributed by atoms with E-state index in [1.807, 2.05) is 0 Å². The van der Waals surface area contributed by atoms with Gasteiger partial charge in [-0.05, 0) is 19.8 Å². The van der Waals surface area contributed by atoms with Gasteiger partial charge in [0, 0.05) is 6.42 Å². The van der Waals surface area contributed by atoms with Crippen molar-refractivity contribution in [1.29, 1.82) is 0 Å². The molecule has 0 heterocycles. The van der Waals surface area contributed by atoms with E-state index < -0.39 is 12.0 Å². The van der Waals surface area contributed by atoms with E-state index in [9.17, 15) is 9.59 Å². The quantitative estimate of drug-likeness (QED) is 0.337. The summed E-state index contributed by atoms with van der Waals surface area (Å²) in [7, 11) is 0. The molecule has 2 N–H and O–H groups in total. The standard InChI is InChI=1S/C19H37NO4/c1-3-5-6-7-8-9-10-11-12-13-16-24-19(22)17(20)14-15-18(21)23-4-2/h17H,3-16,20H2,1-2H3. The van der Waals surface area contributed by atoms with Crippen LogP contribution in [0.1, 0.15) is 90.9 Å². The first-order valence-corrected chi connectivity index (χ1v) is 9.69. The second-order valence-electron chi connectivity index (χ2n) is 6.30. The number of hydrogen-bond donors (Lipinski definition) is 1. The highest BCUT2D eigenvalue weighted by molar-refractivity contribution is 5.77. The lowest BCUT2D eigenvalue weighted by molar-refractivity contribution is -0.146. The Morgan fingerprint density at radius 2 is 1.38 bits per heavy atom. The van der Waals surface area contributed by atoms with E-state index in [1.54, 1.807) is 6.92 Å². The van der Waals surface area contributed by atoms with Gasteiger partial charge in [0.1, 0.15) is 6.04 Å². The number of carbonyl (C=O) groups is 2. The molecule has 0 aliphatic carbocycles. The van der Waals surface area contributed by atoms with Crippen molar-refractivity contribution >= 4 is 11.9 Å². The highest BCUT2D eigenvalue weighted by Crippen LogP contribution is 2.10. The largest absolute Gasteiger partial charge is 0.466 e. The molecule has 0 aromatic heterocycles. The molecule has 0 aliphatic rings. The van der Waals surface area contributed by atoms with Gasteiger partial charge in [-0.25, -0.2) is 0 Å². The summed E-state index contributed by atoms with van der Waals surface area (Å²) in [6.45, 7) is 4.75. The number of rotatable bonds is 16. The average Bonchev–Trinajstić information content (AvgIpc) is 2.57. The van der Waals surface area contributed by atoms with Crippen LogP contribution in [-0.2, 0) is 19.1 Å². The first-order chi connectivity index (χ1) is 11.6. The summed E-state index contributed by atoms with van der Waals surface area (Å²) in [6.07, 6.45) is 12.9. The minimum atomic E-state index is -0.738. The van der Waals surface area contributed by atoms with E-state index in [0.717, 1.165) is 12.8 Å². The average molecular weight is 344 g/mol. The van der Waals surface area contributed by atoms with Gasteiger partial charge >= 0.3 is 11.9 Å². The van der Waals surface area contributed by atoms with Gasteiger partial charge in [0.25, 0.3) is 0 Å². The molecule has 0 aliphatic heterocycles. The molecule has 0 saturated heterocycles. The van der Waals surface area contributed by atoms with Gasteiger partial charge in [-0.2, -0.15) is 0 Å². The van der Waals surface area contributed by atoms with E-state index in [4.69, 9.17) is 15.2 Å². The minimum absolute atomic E-state index is 0.155. The van der Waals surface area contributed by atoms with Crippen LogP contribution < -0.4 is 5.73 Å². The zero-order valence-corrected chi connectivity index (χ0v) is 15.7. The Labute approximate surface area is 147 Å². The highest BCUT2D eigenvalue weighted by Gasteiger charge is 2.16. The lowest BCUT2D eigenvalue weighted by Crippen LogP contribution is -2.33. The minimum Gasteiger partial charge on any atom is -0.466 e. The Hall–Kier alpha value is -1.10. The normalized spacial score (nSPS) is 12.0. The Balaban J connectivity index is 3.40. The maximum atomic E-state index is 11.7. The van der Waals surface area contributed by atoms with E-state index >= 15 is 0 Å². The van der Waals surface area contributed by atoms with Crippen LogP contribution in [-0.4, -0.2) is 31.2 Å². The number of nitrogens with two attached hydrogens (primary N) is 1. The molecule has 24 heavy (non-hydrogen) atoms. The lowest BCUT2D eigenvalue weighted by Gasteiger charge is -2.11. The first-order valence-electron chi connectivity index (χ1n) is 9.69. The second kappa shape index (κ2) is 16.7. The van der Waals surface area contributed by atoms with E-state index in [1.165, 1.54) is 51.4 Å². The summed E-state index contributed by atoms with van der Waals surface area (Å²) >= 11 is 0. The molecule has 0 bridgehead atoms. The fourth-order valence-electron chi connectivity index (χ4n) is 2.49. The van der Waals surface area contributed by atoms with Crippen LogP contribution in [0.5, 0.6) is 0 Å². The number of carbonyl (C=O) groups excluding carboxylic acids is 2. The van der Waals surface area contributed by atoms with Gasteiger partial charge in [0.15, 0.2) is 0 Å².